The fourth-order valence-corrected chi connectivity index (χ4v) is 5.41. The van der Waals surface area contributed by atoms with Crippen molar-refractivity contribution in [2.24, 2.45) is 0 Å². The number of carbonyl (C=O) groups is 1. The molecule has 2 heterocycles. The molecule has 10 nitrogen and oxygen atoms in total. The largest absolute Gasteiger partial charge is 0.480 e. The van der Waals surface area contributed by atoms with Crippen LogP contribution >= 0.6 is 23.7 Å². The molecule has 4 rings (SSSR count). The van der Waals surface area contributed by atoms with E-state index < -0.39 is 38.5 Å². The van der Waals surface area contributed by atoms with Crippen molar-refractivity contribution in [3.8, 4) is 0 Å². The van der Waals surface area contributed by atoms with Crippen LogP contribution in [0.1, 0.15) is 24.1 Å². The fourth-order valence-electron chi connectivity index (χ4n) is 3.60. The molecule has 2 aromatic heterocycles. The fraction of sp³-hybridized carbons (Fsp3) is 0.190. The van der Waals surface area contributed by atoms with Crippen LogP contribution in [0.4, 0.5) is 9.52 Å². The maximum atomic E-state index is 15.2. The Morgan fingerprint density at radius 1 is 1.31 bits per heavy atom. The van der Waals surface area contributed by atoms with E-state index in [1.54, 1.807) is 36.6 Å². The van der Waals surface area contributed by atoms with E-state index in [2.05, 4.69) is 15.0 Å². The number of oxazole rings is 1. The van der Waals surface area contributed by atoms with Gasteiger partial charge in [-0.1, -0.05) is 24.3 Å². The Labute approximate surface area is 208 Å². The van der Waals surface area contributed by atoms with Gasteiger partial charge in [0, 0.05) is 24.2 Å². The van der Waals surface area contributed by atoms with Crippen LogP contribution in [-0.2, 0) is 21.4 Å². The standard InChI is InChI=1S/C21H19FN4O6S2.ClH/c1-12(15-5-3-2-4-13(15)10-23-11-18(27)28)26-19-16(22)8-14(9-17(19)32-21(26)29)34(30,31)25-20-24-6-7-33-20;/h2-9,12,23H,10-11H2,1H3,(H,24,25)(H,27,28);1H. The average Bonchev–Trinajstić information content (AvgIpc) is 3.40. The van der Waals surface area contributed by atoms with Crippen LogP contribution in [0, 0.1) is 5.82 Å². The molecule has 3 N–H and O–H groups in total. The number of carboxylic acid groups (broad SMARTS) is 1. The summed E-state index contributed by atoms with van der Waals surface area (Å²) in [6.07, 6.45) is 1.42. The lowest BCUT2D eigenvalue weighted by molar-refractivity contribution is -0.136. The highest BCUT2D eigenvalue weighted by Crippen LogP contribution is 2.29. The molecule has 4 aromatic rings. The van der Waals surface area contributed by atoms with Crippen LogP contribution in [-0.4, -0.2) is 35.6 Å². The molecule has 1 unspecified atom stereocenters. The number of nitrogens with one attached hydrogen (secondary N) is 2. The predicted molar refractivity (Wildman–Crippen MR) is 130 cm³/mol. The van der Waals surface area contributed by atoms with E-state index in [1.807, 2.05) is 0 Å². The van der Waals surface area contributed by atoms with E-state index in [9.17, 15) is 18.0 Å². The van der Waals surface area contributed by atoms with Crippen LogP contribution in [0.2, 0.25) is 0 Å². The zero-order chi connectivity index (χ0) is 24.5. The summed E-state index contributed by atoms with van der Waals surface area (Å²) in [6.45, 7) is 1.63. The molecule has 35 heavy (non-hydrogen) atoms. The molecule has 186 valence electrons. The quantitative estimate of drug-likeness (QED) is 0.292. The molecule has 0 aliphatic rings. The van der Waals surface area contributed by atoms with Gasteiger partial charge in [0.05, 0.1) is 17.5 Å². The Morgan fingerprint density at radius 3 is 2.74 bits per heavy atom. The lowest BCUT2D eigenvalue weighted by Gasteiger charge is -2.18. The van der Waals surface area contributed by atoms with E-state index in [0.29, 0.717) is 11.1 Å². The highest BCUT2D eigenvalue weighted by atomic mass is 35.5. The van der Waals surface area contributed by atoms with Crippen molar-refractivity contribution in [2.75, 3.05) is 11.3 Å². The third-order valence-corrected chi connectivity index (χ3v) is 7.22. The Balaban J connectivity index is 0.00000342. The summed E-state index contributed by atoms with van der Waals surface area (Å²) in [5.74, 6) is -2.83. The van der Waals surface area contributed by atoms with E-state index >= 15 is 4.39 Å². The van der Waals surface area contributed by atoms with Crippen LogP contribution in [0.25, 0.3) is 11.1 Å². The molecule has 0 radical (unpaired) electrons. The number of nitrogens with zero attached hydrogens (tertiary/aromatic N) is 2. The molecule has 0 aliphatic carbocycles. The average molecular weight is 543 g/mol. The van der Waals surface area contributed by atoms with Gasteiger partial charge < -0.3 is 14.8 Å². The number of carboxylic acids is 1. The van der Waals surface area contributed by atoms with Gasteiger partial charge in [0.2, 0.25) is 0 Å². The number of benzene rings is 2. The van der Waals surface area contributed by atoms with Crippen molar-refractivity contribution in [3.05, 3.63) is 75.5 Å². The molecule has 1 atom stereocenters. The van der Waals surface area contributed by atoms with Crippen molar-refractivity contribution in [2.45, 2.75) is 24.4 Å². The molecule has 2 aromatic carbocycles. The van der Waals surface area contributed by atoms with Gasteiger partial charge in [-0.15, -0.1) is 23.7 Å². The first-order valence-corrected chi connectivity index (χ1v) is 12.3. The molecule has 0 saturated carbocycles. The van der Waals surface area contributed by atoms with Gasteiger partial charge in [-0.3, -0.25) is 14.1 Å². The van der Waals surface area contributed by atoms with Crippen LogP contribution in [0.3, 0.4) is 0 Å². The minimum absolute atomic E-state index is 0. The van der Waals surface area contributed by atoms with E-state index in [1.165, 1.54) is 6.20 Å². The number of hydrogen-bond acceptors (Lipinski definition) is 8. The number of sulfonamides is 1. The summed E-state index contributed by atoms with van der Waals surface area (Å²) >= 11 is 1.06. The Kier molecular flexibility index (Phi) is 7.95. The van der Waals surface area contributed by atoms with E-state index in [0.717, 1.165) is 28.0 Å². The molecular weight excluding hydrogens is 523 g/mol. The molecule has 0 fully saturated rings. The Bertz CT molecular complexity index is 1520. The van der Waals surface area contributed by atoms with Gasteiger partial charge in [0.25, 0.3) is 10.0 Å². The van der Waals surface area contributed by atoms with Gasteiger partial charge in [-0.05, 0) is 24.1 Å². The monoisotopic (exact) mass is 542 g/mol. The third kappa shape index (κ3) is 5.53. The highest BCUT2D eigenvalue weighted by Gasteiger charge is 2.25. The summed E-state index contributed by atoms with van der Waals surface area (Å²) in [6, 6.07) is 8.21. The van der Waals surface area contributed by atoms with Crippen LogP contribution in [0.15, 0.2) is 62.1 Å². The molecular formula is C21H20ClFN4O6S2. The molecule has 0 amide bonds. The van der Waals surface area contributed by atoms with Crippen molar-refractivity contribution < 1.29 is 27.1 Å². The number of aliphatic carboxylic acids is 1. The highest BCUT2D eigenvalue weighted by molar-refractivity contribution is 7.93. The number of hydrogen-bond donors (Lipinski definition) is 3. The predicted octanol–water partition coefficient (Wildman–Crippen LogP) is 3.20. The van der Waals surface area contributed by atoms with E-state index in [-0.39, 0.29) is 41.7 Å². The minimum atomic E-state index is -4.17. The molecule has 0 spiro atoms. The van der Waals surface area contributed by atoms with Gasteiger partial charge >= 0.3 is 11.7 Å². The Hall–Kier alpha value is -3.26. The summed E-state index contributed by atoms with van der Waals surface area (Å²) < 4.78 is 49.1. The summed E-state index contributed by atoms with van der Waals surface area (Å²) in [5.41, 5.74) is 0.952. The number of aromatic nitrogens is 2. The van der Waals surface area contributed by atoms with Crippen LogP contribution < -0.4 is 15.8 Å². The maximum absolute atomic E-state index is 15.2. The number of fused-ring (bicyclic) bond motifs is 1. The number of rotatable bonds is 9. The van der Waals surface area contributed by atoms with Crippen molar-refractivity contribution in [3.63, 3.8) is 0 Å². The molecule has 0 saturated heterocycles. The second kappa shape index (κ2) is 10.6. The zero-order valence-electron chi connectivity index (χ0n) is 18.1. The van der Waals surface area contributed by atoms with Gasteiger partial charge in [0.1, 0.15) is 5.52 Å². The molecule has 0 aliphatic heterocycles. The summed E-state index contributed by atoms with van der Waals surface area (Å²) in [4.78, 5) is 26.9. The second-order valence-electron chi connectivity index (χ2n) is 7.30. The molecule has 14 heteroatoms. The van der Waals surface area contributed by atoms with Gasteiger partial charge in [-0.25, -0.2) is 22.6 Å². The normalized spacial score (nSPS) is 12.3. The number of thiazole rings is 1. The zero-order valence-corrected chi connectivity index (χ0v) is 20.5. The first kappa shape index (κ1) is 26.3. The van der Waals surface area contributed by atoms with E-state index in [4.69, 9.17) is 9.52 Å². The molecule has 0 bridgehead atoms. The van der Waals surface area contributed by atoms with Crippen molar-refractivity contribution >= 4 is 56.0 Å². The minimum Gasteiger partial charge on any atom is -0.480 e. The summed E-state index contributed by atoms with van der Waals surface area (Å²) in [5, 5.41) is 13.3. The first-order chi connectivity index (χ1) is 16.2. The lowest BCUT2D eigenvalue weighted by Crippen LogP contribution is -2.25. The maximum Gasteiger partial charge on any atom is 0.420 e. The SMILES string of the molecule is CC(c1ccccc1CNCC(=O)O)n1c(=O)oc2cc(S(=O)(=O)Nc3nccs3)cc(F)c21.Cl. The number of anilines is 1. The number of halogens is 2. The topological polar surface area (TPSA) is 144 Å². The van der Waals surface area contributed by atoms with Gasteiger partial charge in [0.15, 0.2) is 16.5 Å². The van der Waals surface area contributed by atoms with Crippen molar-refractivity contribution in [1.29, 1.82) is 0 Å². The lowest BCUT2D eigenvalue weighted by atomic mass is 10.0. The third-order valence-electron chi connectivity index (χ3n) is 5.09. The summed E-state index contributed by atoms with van der Waals surface area (Å²) in [7, 11) is -4.17. The smallest absolute Gasteiger partial charge is 0.420 e. The second-order valence-corrected chi connectivity index (χ2v) is 9.88. The first-order valence-electron chi connectivity index (χ1n) is 9.94. The van der Waals surface area contributed by atoms with Gasteiger partial charge in [-0.2, -0.15) is 0 Å². The van der Waals surface area contributed by atoms with Crippen LogP contribution in [0.5, 0.6) is 0 Å². The van der Waals surface area contributed by atoms with Crippen molar-refractivity contribution in [1.82, 2.24) is 14.9 Å². The Morgan fingerprint density at radius 2 is 2.06 bits per heavy atom.